The molecule has 0 aliphatic heterocycles. The van der Waals surface area contributed by atoms with Crippen LogP contribution in [0.15, 0.2) is 71.2 Å². The standard InChI is InChI=1S/C23H19BBrN3/c1-14-5-3-7-16(9-14)21-26-22(17-8-4-6-15(2)10-17)28-23(27-21)18-11-19(24)13-20(25)12-18/h3-13H,24H2,1-2H3. The van der Waals surface area contributed by atoms with Crippen molar-refractivity contribution in [3.63, 3.8) is 0 Å². The minimum atomic E-state index is 0.674. The van der Waals surface area contributed by atoms with Gasteiger partial charge < -0.3 is 0 Å². The number of rotatable bonds is 3. The second-order valence-corrected chi connectivity index (χ2v) is 7.98. The first-order chi connectivity index (χ1) is 13.5. The summed E-state index contributed by atoms with van der Waals surface area (Å²) in [6.07, 6.45) is 0. The van der Waals surface area contributed by atoms with E-state index in [1.807, 2.05) is 30.3 Å². The van der Waals surface area contributed by atoms with Crippen LogP contribution >= 0.6 is 15.9 Å². The lowest BCUT2D eigenvalue weighted by molar-refractivity contribution is 1.07. The van der Waals surface area contributed by atoms with Gasteiger partial charge >= 0.3 is 0 Å². The van der Waals surface area contributed by atoms with Crippen molar-refractivity contribution in [2.24, 2.45) is 0 Å². The van der Waals surface area contributed by atoms with E-state index in [1.54, 1.807) is 0 Å². The molecule has 0 radical (unpaired) electrons. The van der Waals surface area contributed by atoms with Crippen molar-refractivity contribution in [2.75, 3.05) is 0 Å². The van der Waals surface area contributed by atoms with Crippen LogP contribution < -0.4 is 5.46 Å². The van der Waals surface area contributed by atoms with Crippen LogP contribution in [0.4, 0.5) is 0 Å². The summed E-state index contributed by atoms with van der Waals surface area (Å²) in [4.78, 5) is 14.4. The van der Waals surface area contributed by atoms with Gasteiger partial charge in [-0.05, 0) is 32.0 Å². The van der Waals surface area contributed by atoms with Gasteiger partial charge in [-0.3, -0.25) is 0 Å². The Hall–Kier alpha value is -2.79. The molecular formula is C23H19BBrN3. The van der Waals surface area contributed by atoms with Crippen LogP contribution in [-0.2, 0) is 0 Å². The highest BCUT2D eigenvalue weighted by molar-refractivity contribution is 9.10. The number of hydrogen-bond acceptors (Lipinski definition) is 3. The summed E-state index contributed by atoms with van der Waals surface area (Å²) in [6, 6.07) is 22.7. The predicted molar refractivity (Wildman–Crippen MR) is 121 cm³/mol. The van der Waals surface area contributed by atoms with Crippen LogP contribution in [-0.4, -0.2) is 22.8 Å². The van der Waals surface area contributed by atoms with Crippen LogP contribution in [0, 0.1) is 13.8 Å². The van der Waals surface area contributed by atoms with Gasteiger partial charge in [0.1, 0.15) is 7.85 Å². The molecule has 28 heavy (non-hydrogen) atoms. The minimum absolute atomic E-state index is 0.674. The van der Waals surface area contributed by atoms with Crippen LogP contribution in [0.3, 0.4) is 0 Å². The smallest absolute Gasteiger partial charge is 0.164 e. The van der Waals surface area contributed by atoms with E-state index in [9.17, 15) is 0 Å². The molecule has 0 N–H and O–H groups in total. The van der Waals surface area contributed by atoms with E-state index in [0.29, 0.717) is 17.5 Å². The second kappa shape index (κ2) is 7.68. The fourth-order valence-electron chi connectivity index (χ4n) is 3.20. The van der Waals surface area contributed by atoms with Crippen LogP contribution in [0.25, 0.3) is 34.2 Å². The molecule has 0 saturated heterocycles. The Morgan fingerprint density at radius 1 is 0.643 bits per heavy atom. The predicted octanol–water partition coefficient (Wildman–Crippen LogP) is 4.51. The van der Waals surface area contributed by atoms with Crippen molar-refractivity contribution >= 4 is 29.2 Å². The Morgan fingerprint density at radius 2 is 1.14 bits per heavy atom. The zero-order valence-electron chi connectivity index (χ0n) is 16.1. The van der Waals surface area contributed by atoms with Crippen LogP contribution in [0.2, 0.25) is 0 Å². The van der Waals surface area contributed by atoms with Gasteiger partial charge in [0.2, 0.25) is 0 Å². The Labute approximate surface area is 174 Å². The molecule has 4 aromatic rings. The van der Waals surface area contributed by atoms with E-state index in [0.717, 1.165) is 26.6 Å². The topological polar surface area (TPSA) is 38.7 Å². The van der Waals surface area contributed by atoms with E-state index in [-0.39, 0.29) is 0 Å². The molecule has 1 heterocycles. The monoisotopic (exact) mass is 427 g/mol. The molecule has 136 valence electrons. The number of nitrogens with zero attached hydrogens (tertiary/aromatic N) is 3. The summed E-state index contributed by atoms with van der Waals surface area (Å²) in [5.74, 6) is 2.04. The molecule has 0 aliphatic carbocycles. The van der Waals surface area contributed by atoms with Crippen LogP contribution in [0.1, 0.15) is 11.1 Å². The van der Waals surface area contributed by atoms with Crippen LogP contribution in [0.5, 0.6) is 0 Å². The van der Waals surface area contributed by atoms with E-state index < -0.39 is 0 Å². The fraction of sp³-hybridized carbons (Fsp3) is 0.0870. The number of halogens is 1. The van der Waals surface area contributed by atoms with Gasteiger partial charge in [0.25, 0.3) is 0 Å². The molecule has 4 rings (SSSR count). The number of hydrogen-bond donors (Lipinski definition) is 0. The summed E-state index contributed by atoms with van der Waals surface area (Å²) >= 11 is 3.59. The van der Waals surface area contributed by atoms with Crippen molar-refractivity contribution in [2.45, 2.75) is 13.8 Å². The molecule has 0 amide bonds. The lowest BCUT2D eigenvalue weighted by Gasteiger charge is -2.10. The maximum atomic E-state index is 4.80. The molecule has 1 aromatic heterocycles. The first-order valence-electron chi connectivity index (χ1n) is 9.16. The molecule has 0 saturated carbocycles. The second-order valence-electron chi connectivity index (χ2n) is 7.06. The molecule has 3 nitrogen and oxygen atoms in total. The normalized spacial score (nSPS) is 10.8. The van der Waals surface area contributed by atoms with Gasteiger partial charge in [0, 0.05) is 21.2 Å². The zero-order chi connectivity index (χ0) is 19.7. The van der Waals surface area contributed by atoms with Crippen molar-refractivity contribution in [1.82, 2.24) is 15.0 Å². The van der Waals surface area contributed by atoms with Gasteiger partial charge in [-0.1, -0.05) is 81.1 Å². The fourth-order valence-corrected chi connectivity index (χ4v) is 3.80. The average molecular weight is 428 g/mol. The number of aryl methyl sites for hydroxylation is 2. The van der Waals surface area contributed by atoms with E-state index in [1.165, 1.54) is 11.1 Å². The number of benzene rings is 3. The van der Waals surface area contributed by atoms with Crippen molar-refractivity contribution < 1.29 is 0 Å². The quantitative estimate of drug-likeness (QED) is 0.451. The molecule has 0 aliphatic rings. The largest absolute Gasteiger partial charge is 0.208 e. The summed E-state index contributed by atoms with van der Waals surface area (Å²) in [5.41, 5.74) is 6.45. The van der Waals surface area contributed by atoms with Crippen molar-refractivity contribution in [3.05, 3.63) is 82.3 Å². The summed E-state index contributed by atoms with van der Waals surface area (Å²) in [5, 5.41) is 0. The third-order valence-corrected chi connectivity index (χ3v) is 4.95. The lowest BCUT2D eigenvalue weighted by atomic mass is 9.94. The Kier molecular flexibility index (Phi) is 5.10. The van der Waals surface area contributed by atoms with E-state index >= 15 is 0 Å². The molecule has 3 aromatic carbocycles. The molecular weight excluding hydrogens is 409 g/mol. The van der Waals surface area contributed by atoms with Gasteiger partial charge in [0.15, 0.2) is 17.5 Å². The van der Waals surface area contributed by atoms with Gasteiger partial charge in [-0.2, -0.15) is 0 Å². The van der Waals surface area contributed by atoms with Gasteiger partial charge in [0.05, 0.1) is 0 Å². The first-order valence-corrected chi connectivity index (χ1v) is 9.95. The highest BCUT2D eigenvalue weighted by atomic mass is 79.9. The lowest BCUT2D eigenvalue weighted by Crippen LogP contribution is -2.05. The Bertz CT molecular complexity index is 1090. The molecule has 0 fully saturated rings. The van der Waals surface area contributed by atoms with E-state index in [4.69, 9.17) is 15.0 Å². The van der Waals surface area contributed by atoms with E-state index in [2.05, 4.69) is 74.0 Å². The molecule has 0 atom stereocenters. The average Bonchev–Trinajstić information content (AvgIpc) is 2.67. The third kappa shape index (κ3) is 4.05. The summed E-state index contributed by atoms with van der Waals surface area (Å²) in [7, 11) is 2.07. The highest BCUT2D eigenvalue weighted by Gasteiger charge is 2.13. The third-order valence-electron chi connectivity index (χ3n) is 4.49. The maximum Gasteiger partial charge on any atom is 0.164 e. The van der Waals surface area contributed by atoms with Gasteiger partial charge in [-0.15, -0.1) is 0 Å². The molecule has 0 spiro atoms. The Morgan fingerprint density at radius 3 is 1.61 bits per heavy atom. The van der Waals surface area contributed by atoms with Crippen molar-refractivity contribution in [1.29, 1.82) is 0 Å². The molecule has 0 bridgehead atoms. The summed E-state index contributed by atoms with van der Waals surface area (Å²) in [6.45, 7) is 4.15. The molecule has 0 unspecified atom stereocenters. The SMILES string of the molecule is Bc1cc(Br)cc(-c2nc(-c3cccc(C)c3)nc(-c3cccc(C)c3)n2)c1. The minimum Gasteiger partial charge on any atom is -0.208 e. The summed E-state index contributed by atoms with van der Waals surface area (Å²) < 4.78 is 1.01. The Balaban J connectivity index is 1.95. The van der Waals surface area contributed by atoms with Crippen molar-refractivity contribution in [3.8, 4) is 34.2 Å². The zero-order valence-corrected chi connectivity index (χ0v) is 17.7. The molecule has 5 heteroatoms. The van der Waals surface area contributed by atoms with Gasteiger partial charge in [-0.25, -0.2) is 15.0 Å². The maximum absolute atomic E-state index is 4.80. The first kappa shape index (κ1) is 18.6. The number of aromatic nitrogens is 3. The highest BCUT2D eigenvalue weighted by Crippen LogP contribution is 2.26.